The van der Waals surface area contributed by atoms with Crippen LogP contribution in [0.5, 0.6) is 0 Å². The molecule has 1 aliphatic carbocycles. The average molecular weight is 260 g/mol. The first-order chi connectivity index (χ1) is 9.09. The zero-order valence-electron chi connectivity index (χ0n) is 11.7. The Morgan fingerprint density at radius 3 is 2.53 bits per heavy atom. The Kier molecular flexibility index (Phi) is 4.59. The highest BCUT2D eigenvalue weighted by Crippen LogP contribution is 2.27. The Hall–Kier alpha value is -1.35. The third-order valence-electron chi connectivity index (χ3n) is 4.03. The fraction of sp³-hybridized carbons (Fsp3) is 0.562. The predicted molar refractivity (Wildman–Crippen MR) is 77.6 cm³/mol. The van der Waals surface area contributed by atoms with E-state index in [0.717, 1.165) is 18.4 Å². The van der Waals surface area contributed by atoms with Gasteiger partial charge in [0.1, 0.15) is 0 Å². The summed E-state index contributed by atoms with van der Waals surface area (Å²) in [6.07, 6.45) is 6.23. The molecule has 3 heteroatoms. The van der Waals surface area contributed by atoms with E-state index in [4.69, 9.17) is 5.73 Å². The summed E-state index contributed by atoms with van der Waals surface area (Å²) in [5.74, 6) is 0.0701. The number of carbonyl (C=O) groups excluding carboxylic acids is 1. The first kappa shape index (κ1) is 14.1. The molecule has 1 saturated carbocycles. The molecule has 0 aliphatic heterocycles. The van der Waals surface area contributed by atoms with Gasteiger partial charge < -0.3 is 11.1 Å². The molecule has 3 N–H and O–H groups in total. The van der Waals surface area contributed by atoms with Gasteiger partial charge in [-0.25, -0.2) is 0 Å². The van der Waals surface area contributed by atoms with E-state index in [2.05, 4.69) is 12.2 Å². The number of rotatable bonds is 4. The van der Waals surface area contributed by atoms with Crippen molar-refractivity contribution in [3.8, 4) is 0 Å². The summed E-state index contributed by atoms with van der Waals surface area (Å²) in [5, 5.41) is 3.18. The van der Waals surface area contributed by atoms with Crippen LogP contribution in [0, 0.1) is 0 Å². The molecule has 1 atom stereocenters. The Bertz CT molecular complexity index is 410. The standard InChI is InChI=1S/C16H24N2O/c1-16(10-6-3-7-11-16)18-15(19)12-14(17)13-8-4-2-5-9-13/h2,4-5,8-9,14H,3,6-7,10-12,17H2,1H3,(H,18,19). The van der Waals surface area contributed by atoms with Crippen molar-refractivity contribution in [2.24, 2.45) is 5.73 Å². The van der Waals surface area contributed by atoms with E-state index in [0.29, 0.717) is 6.42 Å². The van der Waals surface area contributed by atoms with Gasteiger partial charge in [0, 0.05) is 18.0 Å². The molecule has 1 aromatic carbocycles. The highest BCUT2D eigenvalue weighted by Gasteiger charge is 2.28. The van der Waals surface area contributed by atoms with Gasteiger partial charge in [0.25, 0.3) is 0 Å². The molecule has 104 valence electrons. The van der Waals surface area contributed by atoms with Crippen LogP contribution in [0.4, 0.5) is 0 Å². The molecule has 0 spiro atoms. The summed E-state index contributed by atoms with van der Waals surface area (Å²) in [6, 6.07) is 9.60. The van der Waals surface area contributed by atoms with Crippen molar-refractivity contribution in [1.29, 1.82) is 0 Å². The van der Waals surface area contributed by atoms with Crippen molar-refractivity contribution < 1.29 is 4.79 Å². The van der Waals surface area contributed by atoms with Gasteiger partial charge in [0.15, 0.2) is 0 Å². The van der Waals surface area contributed by atoms with Gasteiger partial charge in [-0.05, 0) is 25.3 Å². The molecule has 0 saturated heterocycles. The van der Waals surface area contributed by atoms with Gasteiger partial charge in [-0.2, -0.15) is 0 Å². The predicted octanol–water partition coefficient (Wildman–Crippen LogP) is 2.92. The zero-order chi connectivity index (χ0) is 13.7. The summed E-state index contributed by atoms with van der Waals surface area (Å²) < 4.78 is 0. The number of benzene rings is 1. The molecule has 0 heterocycles. The molecule has 1 aliphatic rings. The van der Waals surface area contributed by atoms with Crippen LogP contribution in [0.1, 0.15) is 57.1 Å². The molecule has 0 bridgehead atoms. The number of hydrogen-bond donors (Lipinski definition) is 2. The molecule has 0 radical (unpaired) electrons. The fourth-order valence-corrected chi connectivity index (χ4v) is 2.86. The lowest BCUT2D eigenvalue weighted by molar-refractivity contribution is -0.123. The molecule has 1 unspecified atom stereocenters. The minimum Gasteiger partial charge on any atom is -0.351 e. The van der Waals surface area contributed by atoms with E-state index in [1.54, 1.807) is 0 Å². The Labute approximate surface area is 115 Å². The summed E-state index contributed by atoms with van der Waals surface area (Å²) in [4.78, 5) is 12.1. The fourth-order valence-electron chi connectivity index (χ4n) is 2.86. The SMILES string of the molecule is CC1(NC(=O)CC(N)c2ccccc2)CCCCC1. The summed E-state index contributed by atoms with van der Waals surface area (Å²) >= 11 is 0. The number of nitrogens with two attached hydrogens (primary N) is 1. The minimum absolute atomic E-state index is 0.0221. The second-order valence-electron chi connectivity index (χ2n) is 5.89. The van der Waals surface area contributed by atoms with E-state index in [9.17, 15) is 4.79 Å². The normalized spacial score (nSPS) is 19.7. The van der Waals surface area contributed by atoms with Crippen LogP contribution in [-0.2, 0) is 4.79 Å². The van der Waals surface area contributed by atoms with Gasteiger partial charge in [0.2, 0.25) is 5.91 Å². The lowest BCUT2D eigenvalue weighted by Crippen LogP contribution is -2.47. The molecule has 1 amide bonds. The van der Waals surface area contributed by atoms with E-state index in [1.165, 1.54) is 19.3 Å². The van der Waals surface area contributed by atoms with Crippen LogP contribution < -0.4 is 11.1 Å². The minimum atomic E-state index is -0.214. The summed E-state index contributed by atoms with van der Waals surface area (Å²) in [6.45, 7) is 2.15. The van der Waals surface area contributed by atoms with Crippen molar-refractivity contribution in [1.82, 2.24) is 5.32 Å². The molecule has 2 rings (SSSR count). The molecule has 19 heavy (non-hydrogen) atoms. The third-order valence-corrected chi connectivity index (χ3v) is 4.03. The van der Waals surface area contributed by atoms with E-state index >= 15 is 0 Å². The van der Waals surface area contributed by atoms with Gasteiger partial charge in [-0.1, -0.05) is 49.6 Å². The molecule has 1 aromatic rings. The number of carbonyl (C=O) groups is 1. The van der Waals surface area contributed by atoms with Crippen LogP contribution >= 0.6 is 0 Å². The molecule has 3 nitrogen and oxygen atoms in total. The largest absolute Gasteiger partial charge is 0.351 e. The van der Waals surface area contributed by atoms with Crippen LogP contribution in [0.25, 0.3) is 0 Å². The van der Waals surface area contributed by atoms with E-state index in [1.807, 2.05) is 30.3 Å². The lowest BCUT2D eigenvalue weighted by Gasteiger charge is -2.34. The number of nitrogens with one attached hydrogen (secondary N) is 1. The van der Waals surface area contributed by atoms with Gasteiger partial charge in [-0.15, -0.1) is 0 Å². The highest BCUT2D eigenvalue weighted by molar-refractivity contribution is 5.77. The van der Waals surface area contributed by atoms with Gasteiger partial charge in [-0.3, -0.25) is 4.79 Å². The van der Waals surface area contributed by atoms with Crippen molar-refractivity contribution in [3.63, 3.8) is 0 Å². The molecule has 0 aromatic heterocycles. The second kappa shape index (κ2) is 6.20. The van der Waals surface area contributed by atoms with Crippen molar-refractivity contribution >= 4 is 5.91 Å². The maximum absolute atomic E-state index is 12.1. The summed E-state index contributed by atoms with van der Waals surface area (Å²) in [7, 11) is 0. The molecule has 1 fully saturated rings. The third kappa shape index (κ3) is 4.06. The number of amides is 1. The molecular weight excluding hydrogens is 236 g/mol. The van der Waals surface area contributed by atoms with E-state index < -0.39 is 0 Å². The van der Waals surface area contributed by atoms with Gasteiger partial charge >= 0.3 is 0 Å². The van der Waals surface area contributed by atoms with E-state index in [-0.39, 0.29) is 17.5 Å². The van der Waals surface area contributed by atoms with Crippen molar-refractivity contribution in [2.45, 2.75) is 57.0 Å². The van der Waals surface area contributed by atoms with Crippen LogP contribution in [0.2, 0.25) is 0 Å². The quantitative estimate of drug-likeness (QED) is 0.874. The van der Waals surface area contributed by atoms with Crippen LogP contribution in [-0.4, -0.2) is 11.4 Å². The molecular formula is C16H24N2O. The summed E-state index contributed by atoms with van der Waals surface area (Å²) in [5.41, 5.74) is 7.08. The maximum atomic E-state index is 12.1. The van der Waals surface area contributed by atoms with Crippen molar-refractivity contribution in [3.05, 3.63) is 35.9 Å². The first-order valence-electron chi connectivity index (χ1n) is 7.21. The van der Waals surface area contributed by atoms with Crippen LogP contribution in [0.15, 0.2) is 30.3 Å². The highest BCUT2D eigenvalue weighted by atomic mass is 16.1. The van der Waals surface area contributed by atoms with Crippen molar-refractivity contribution in [2.75, 3.05) is 0 Å². The topological polar surface area (TPSA) is 55.1 Å². The smallest absolute Gasteiger partial charge is 0.222 e. The first-order valence-corrected chi connectivity index (χ1v) is 7.21. The Morgan fingerprint density at radius 2 is 1.89 bits per heavy atom. The average Bonchev–Trinajstić information content (AvgIpc) is 2.39. The maximum Gasteiger partial charge on any atom is 0.222 e. The number of hydrogen-bond acceptors (Lipinski definition) is 2. The second-order valence-corrected chi connectivity index (χ2v) is 5.89. The van der Waals surface area contributed by atoms with Crippen LogP contribution in [0.3, 0.4) is 0 Å². The van der Waals surface area contributed by atoms with Gasteiger partial charge in [0.05, 0.1) is 0 Å². The zero-order valence-corrected chi connectivity index (χ0v) is 11.7. The lowest BCUT2D eigenvalue weighted by atomic mass is 9.83. The Balaban J connectivity index is 1.87. The Morgan fingerprint density at radius 1 is 1.26 bits per heavy atom. The monoisotopic (exact) mass is 260 g/mol.